The third-order valence-electron chi connectivity index (χ3n) is 3.83. The summed E-state index contributed by atoms with van der Waals surface area (Å²) in [4.78, 5) is 15.9. The van der Waals surface area contributed by atoms with Crippen molar-refractivity contribution in [2.45, 2.75) is 18.9 Å². The minimum atomic E-state index is -0.175. The maximum absolute atomic E-state index is 11.2. The largest absolute Gasteiger partial charge is 0.371 e. The van der Waals surface area contributed by atoms with E-state index < -0.39 is 0 Å². The molecular formula is C15H22ClN3O. The molecule has 0 radical (unpaired) electrons. The van der Waals surface area contributed by atoms with Gasteiger partial charge in [-0.3, -0.25) is 4.79 Å². The molecule has 5 heteroatoms. The van der Waals surface area contributed by atoms with Gasteiger partial charge in [-0.15, -0.1) is 11.6 Å². The molecular weight excluding hydrogens is 274 g/mol. The fourth-order valence-electron chi connectivity index (χ4n) is 2.59. The second-order valence-corrected chi connectivity index (χ2v) is 5.68. The molecule has 4 nitrogen and oxygen atoms in total. The lowest BCUT2D eigenvalue weighted by Crippen LogP contribution is -2.41. The second kappa shape index (κ2) is 6.95. The molecule has 1 aromatic rings. The zero-order chi connectivity index (χ0) is 14.5. The van der Waals surface area contributed by atoms with Crippen LogP contribution in [-0.4, -0.2) is 49.9 Å². The third kappa shape index (κ3) is 3.87. The van der Waals surface area contributed by atoms with Gasteiger partial charge in [-0.25, -0.2) is 0 Å². The summed E-state index contributed by atoms with van der Waals surface area (Å²) in [7, 11) is 4.29. The van der Waals surface area contributed by atoms with E-state index in [1.54, 1.807) is 0 Å². The molecule has 1 aromatic carbocycles. The SMILES string of the molecule is CN(C)C1CCN(c2ccc(NC(=O)CCl)cc2)CC1. The van der Waals surface area contributed by atoms with Crippen LogP contribution < -0.4 is 10.2 Å². The maximum Gasteiger partial charge on any atom is 0.239 e. The normalized spacial score (nSPS) is 16.5. The summed E-state index contributed by atoms with van der Waals surface area (Å²) in [5.74, 6) is -0.189. The molecule has 0 saturated carbocycles. The molecule has 1 saturated heterocycles. The lowest BCUT2D eigenvalue weighted by molar-refractivity contribution is -0.113. The van der Waals surface area contributed by atoms with Gasteiger partial charge in [0, 0.05) is 30.5 Å². The molecule has 0 spiro atoms. The summed E-state index contributed by atoms with van der Waals surface area (Å²) in [5.41, 5.74) is 2.01. The van der Waals surface area contributed by atoms with Crippen molar-refractivity contribution in [1.29, 1.82) is 0 Å². The average molecular weight is 296 g/mol. The number of nitrogens with zero attached hydrogens (tertiary/aromatic N) is 2. The summed E-state index contributed by atoms with van der Waals surface area (Å²) in [6, 6.07) is 8.66. The highest BCUT2D eigenvalue weighted by molar-refractivity contribution is 6.29. The average Bonchev–Trinajstić information content (AvgIpc) is 2.48. The smallest absolute Gasteiger partial charge is 0.239 e. The zero-order valence-corrected chi connectivity index (χ0v) is 12.9. The van der Waals surface area contributed by atoms with E-state index in [0.29, 0.717) is 6.04 Å². The van der Waals surface area contributed by atoms with Gasteiger partial charge in [-0.1, -0.05) is 0 Å². The van der Waals surface area contributed by atoms with Crippen LogP contribution in [0.2, 0.25) is 0 Å². The molecule has 1 aliphatic heterocycles. The number of alkyl halides is 1. The predicted octanol–water partition coefficient (Wildman–Crippen LogP) is 2.39. The van der Waals surface area contributed by atoms with E-state index in [0.717, 1.165) is 18.8 Å². The van der Waals surface area contributed by atoms with Gasteiger partial charge in [0.15, 0.2) is 0 Å². The van der Waals surface area contributed by atoms with Gasteiger partial charge in [0.25, 0.3) is 0 Å². The molecule has 20 heavy (non-hydrogen) atoms. The number of piperidine rings is 1. The van der Waals surface area contributed by atoms with Crippen molar-refractivity contribution >= 4 is 28.9 Å². The number of nitrogens with one attached hydrogen (secondary N) is 1. The Morgan fingerprint density at radius 1 is 1.30 bits per heavy atom. The molecule has 1 N–H and O–H groups in total. The second-order valence-electron chi connectivity index (χ2n) is 5.41. The molecule has 2 rings (SSSR count). The van der Waals surface area contributed by atoms with E-state index >= 15 is 0 Å². The Morgan fingerprint density at radius 2 is 1.90 bits per heavy atom. The van der Waals surface area contributed by atoms with Gasteiger partial charge in [-0.05, 0) is 51.2 Å². The maximum atomic E-state index is 11.2. The van der Waals surface area contributed by atoms with E-state index in [1.807, 2.05) is 12.1 Å². The van der Waals surface area contributed by atoms with Gasteiger partial charge in [0.1, 0.15) is 5.88 Å². The Balaban J connectivity index is 1.92. The van der Waals surface area contributed by atoms with Crippen LogP contribution in [-0.2, 0) is 4.79 Å². The zero-order valence-electron chi connectivity index (χ0n) is 12.1. The van der Waals surface area contributed by atoms with Gasteiger partial charge in [0.05, 0.1) is 0 Å². The van der Waals surface area contributed by atoms with E-state index in [9.17, 15) is 4.79 Å². The first-order valence-electron chi connectivity index (χ1n) is 6.97. The molecule has 0 aliphatic carbocycles. The number of carbonyl (C=O) groups excluding carboxylic acids is 1. The topological polar surface area (TPSA) is 35.6 Å². The van der Waals surface area contributed by atoms with Crippen LogP contribution in [0.1, 0.15) is 12.8 Å². The van der Waals surface area contributed by atoms with Crippen molar-refractivity contribution < 1.29 is 4.79 Å². The summed E-state index contributed by atoms with van der Waals surface area (Å²) in [6.07, 6.45) is 2.38. The fraction of sp³-hybridized carbons (Fsp3) is 0.533. The first kappa shape index (κ1) is 15.1. The third-order valence-corrected chi connectivity index (χ3v) is 4.08. The minimum absolute atomic E-state index is 0.0141. The lowest BCUT2D eigenvalue weighted by Gasteiger charge is -2.36. The number of hydrogen-bond donors (Lipinski definition) is 1. The molecule has 0 bridgehead atoms. The summed E-state index contributed by atoms with van der Waals surface area (Å²) < 4.78 is 0. The molecule has 0 atom stereocenters. The number of amides is 1. The van der Waals surface area contributed by atoms with Crippen molar-refractivity contribution in [2.24, 2.45) is 0 Å². The first-order chi connectivity index (χ1) is 9.60. The lowest BCUT2D eigenvalue weighted by atomic mass is 10.0. The van der Waals surface area contributed by atoms with E-state index in [4.69, 9.17) is 11.6 Å². The quantitative estimate of drug-likeness (QED) is 0.867. The predicted molar refractivity (Wildman–Crippen MR) is 84.7 cm³/mol. The van der Waals surface area contributed by atoms with E-state index in [-0.39, 0.29) is 11.8 Å². The summed E-state index contributed by atoms with van der Waals surface area (Å²) >= 11 is 5.47. The Hall–Kier alpha value is -1.26. The fourth-order valence-corrected chi connectivity index (χ4v) is 2.66. The molecule has 0 aromatic heterocycles. The Morgan fingerprint density at radius 3 is 2.40 bits per heavy atom. The summed E-state index contributed by atoms with van der Waals surface area (Å²) in [6.45, 7) is 2.16. The highest BCUT2D eigenvalue weighted by Gasteiger charge is 2.20. The Bertz CT molecular complexity index is 439. The van der Waals surface area contributed by atoms with Crippen molar-refractivity contribution in [3.8, 4) is 0 Å². The monoisotopic (exact) mass is 295 g/mol. The molecule has 0 unspecified atom stereocenters. The number of carbonyl (C=O) groups is 1. The van der Waals surface area contributed by atoms with Crippen LogP contribution in [0, 0.1) is 0 Å². The number of hydrogen-bond acceptors (Lipinski definition) is 3. The number of rotatable bonds is 4. The van der Waals surface area contributed by atoms with Crippen molar-refractivity contribution in [3.63, 3.8) is 0 Å². The van der Waals surface area contributed by atoms with Crippen LogP contribution in [0.4, 0.5) is 11.4 Å². The van der Waals surface area contributed by atoms with E-state index in [1.165, 1.54) is 18.5 Å². The van der Waals surface area contributed by atoms with Gasteiger partial charge < -0.3 is 15.1 Å². The summed E-state index contributed by atoms with van der Waals surface area (Å²) in [5, 5.41) is 2.75. The minimum Gasteiger partial charge on any atom is -0.371 e. The molecule has 1 heterocycles. The van der Waals surface area contributed by atoms with Crippen LogP contribution in [0.5, 0.6) is 0 Å². The van der Waals surface area contributed by atoms with Gasteiger partial charge in [0.2, 0.25) is 5.91 Å². The van der Waals surface area contributed by atoms with Crippen LogP contribution in [0.15, 0.2) is 24.3 Å². The van der Waals surface area contributed by atoms with Crippen LogP contribution in [0.25, 0.3) is 0 Å². The van der Waals surface area contributed by atoms with Crippen LogP contribution >= 0.6 is 11.6 Å². The molecule has 1 fully saturated rings. The first-order valence-corrected chi connectivity index (χ1v) is 7.51. The van der Waals surface area contributed by atoms with Crippen molar-refractivity contribution in [1.82, 2.24) is 4.90 Å². The highest BCUT2D eigenvalue weighted by atomic mass is 35.5. The molecule has 110 valence electrons. The van der Waals surface area contributed by atoms with Crippen LogP contribution in [0.3, 0.4) is 0 Å². The molecule has 1 amide bonds. The highest BCUT2D eigenvalue weighted by Crippen LogP contribution is 2.23. The van der Waals surface area contributed by atoms with Gasteiger partial charge >= 0.3 is 0 Å². The standard InChI is InChI=1S/C15H22ClN3O/c1-18(2)13-7-9-19(10-8-13)14-5-3-12(4-6-14)17-15(20)11-16/h3-6,13H,7-11H2,1-2H3,(H,17,20). The Labute approximate surface area is 125 Å². The van der Waals surface area contributed by atoms with Crippen molar-refractivity contribution in [3.05, 3.63) is 24.3 Å². The Kier molecular flexibility index (Phi) is 5.26. The number of halogens is 1. The van der Waals surface area contributed by atoms with Crippen molar-refractivity contribution in [2.75, 3.05) is 43.3 Å². The van der Waals surface area contributed by atoms with Gasteiger partial charge in [-0.2, -0.15) is 0 Å². The number of benzene rings is 1. The van der Waals surface area contributed by atoms with E-state index in [2.05, 4.69) is 41.3 Å². The molecule has 1 aliphatic rings. The number of anilines is 2.